The molecule has 0 aromatic rings. The molecule has 3 heteroatoms. The zero-order valence-corrected chi connectivity index (χ0v) is 6.51. The van der Waals surface area contributed by atoms with Gasteiger partial charge in [0.2, 0.25) is 6.29 Å². The van der Waals surface area contributed by atoms with E-state index in [9.17, 15) is 4.79 Å². The maximum absolute atomic E-state index is 10.8. The SMILES string of the molecule is CC1OC(=O)CC(C)(C)O1. The van der Waals surface area contributed by atoms with Crippen molar-refractivity contribution >= 4 is 5.97 Å². The molecule has 1 saturated heterocycles. The molecule has 0 saturated carbocycles. The first kappa shape index (κ1) is 7.54. The first-order valence-electron chi connectivity index (χ1n) is 3.37. The molecule has 0 radical (unpaired) electrons. The van der Waals surface area contributed by atoms with Gasteiger partial charge in [0.05, 0.1) is 12.0 Å². The van der Waals surface area contributed by atoms with Gasteiger partial charge in [0.15, 0.2) is 0 Å². The first-order valence-corrected chi connectivity index (χ1v) is 3.37. The lowest BCUT2D eigenvalue weighted by Gasteiger charge is -2.32. The van der Waals surface area contributed by atoms with Crippen molar-refractivity contribution in [1.29, 1.82) is 0 Å². The molecule has 1 unspecified atom stereocenters. The normalized spacial score (nSPS) is 31.5. The summed E-state index contributed by atoms with van der Waals surface area (Å²) in [6.07, 6.45) is -0.0478. The van der Waals surface area contributed by atoms with Crippen molar-refractivity contribution in [3.05, 3.63) is 0 Å². The van der Waals surface area contributed by atoms with Gasteiger partial charge in [-0.15, -0.1) is 0 Å². The standard InChI is InChI=1S/C7H12O3/c1-5-9-6(8)4-7(2,3)10-5/h5H,4H2,1-3H3. The molecule has 3 nitrogen and oxygen atoms in total. The summed E-state index contributed by atoms with van der Waals surface area (Å²) >= 11 is 0. The number of carbonyl (C=O) groups excluding carboxylic acids is 1. The molecule has 58 valence electrons. The number of hydrogen-bond donors (Lipinski definition) is 0. The van der Waals surface area contributed by atoms with Gasteiger partial charge in [0.25, 0.3) is 0 Å². The van der Waals surface area contributed by atoms with Crippen LogP contribution in [0.25, 0.3) is 0 Å². The van der Waals surface area contributed by atoms with Crippen molar-refractivity contribution < 1.29 is 14.3 Å². The summed E-state index contributed by atoms with van der Waals surface area (Å²) in [7, 11) is 0. The highest BCUT2D eigenvalue weighted by molar-refractivity contribution is 5.71. The quantitative estimate of drug-likeness (QED) is 0.477. The average Bonchev–Trinajstić information content (AvgIpc) is 1.54. The van der Waals surface area contributed by atoms with Crippen LogP contribution in [0.15, 0.2) is 0 Å². The van der Waals surface area contributed by atoms with Crippen LogP contribution in [0.2, 0.25) is 0 Å². The molecule has 0 aromatic heterocycles. The van der Waals surface area contributed by atoms with E-state index < -0.39 is 6.29 Å². The minimum absolute atomic E-state index is 0.177. The molecule has 0 aromatic carbocycles. The molecule has 0 spiro atoms. The zero-order chi connectivity index (χ0) is 7.78. The lowest BCUT2D eigenvalue weighted by Crippen LogP contribution is -2.40. The molecule has 0 bridgehead atoms. The molecular formula is C7H12O3. The van der Waals surface area contributed by atoms with Gasteiger partial charge in [-0.1, -0.05) is 0 Å². The Morgan fingerprint density at radius 1 is 1.60 bits per heavy atom. The predicted octanol–water partition coefficient (Wildman–Crippen LogP) is 1.07. The monoisotopic (exact) mass is 144 g/mol. The number of cyclic esters (lactones) is 1. The van der Waals surface area contributed by atoms with E-state index in [-0.39, 0.29) is 11.6 Å². The maximum atomic E-state index is 10.8. The van der Waals surface area contributed by atoms with E-state index >= 15 is 0 Å². The minimum atomic E-state index is -0.392. The summed E-state index contributed by atoms with van der Waals surface area (Å²) in [5.41, 5.74) is -0.352. The van der Waals surface area contributed by atoms with Crippen LogP contribution in [-0.4, -0.2) is 17.9 Å². The molecule has 1 atom stereocenters. The number of carbonyl (C=O) groups is 1. The fourth-order valence-electron chi connectivity index (χ4n) is 1.09. The molecule has 1 aliphatic heterocycles. The highest BCUT2D eigenvalue weighted by Crippen LogP contribution is 2.23. The summed E-state index contributed by atoms with van der Waals surface area (Å²) in [6.45, 7) is 5.48. The molecule has 10 heavy (non-hydrogen) atoms. The van der Waals surface area contributed by atoms with E-state index in [0.29, 0.717) is 6.42 Å². The second kappa shape index (κ2) is 2.23. The second-order valence-electron chi connectivity index (χ2n) is 3.11. The fourth-order valence-corrected chi connectivity index (χ4v) is 1.09. The summed E-state index contributed by atoms with van der Waals surface area (Å²) in [5, 5.41) is 0. The Hall–Kier alpha value is -0.570. The van der Waals surface area contributed by atoms with Gasteiger partial charge in [-0.2, -0.15) is 0 Å². The number of esters is 1. The zero-order valence-electron chi connectivity index (χ0n) is 6.51. The third-order valence-corrected chi connectivity index (χ3v) is 1.35. The highest BCUT2D eigenvalue weighted by atomic mass is 16.7. The number of rotatable bonds is 0. The van der Waals surface area contributed by atoms with Crippen molar-refractivity contribution in [2.75, 3.05) is 0 Å². The third-order valence-electron chi connectivity index (χ3n) is 1.35. The second-order valence-corrected chi connectivity index (χ2v) is 3.11. The number of ether oxygens (including phenoxy) is 2. The van der Waals surface area contributed by atoms with Crippen LogP contribution in [0.3, 0.4) is 0 Å². The van der Waals surface area contributed by atoms with Gasteiger partial charge in [-0.3, -0.25) is 4.79 Å². The van der Waals surface area contributed by atoms with Crippen LogP contribution in [-0.2, 0) is 14.3 Å². The largest absolute Gasteiger partial charge is 0.436 e. The Kier molecular flexibility index (Phi) is 1.68. The summed E-state index contributed by atoms with van der Waals surface area (Å²) in [4.78, 5) is 10.8. The molecule has 1 aliphatic rings. The van der Waals surface area contributed by atoms with Crippen LogP contribution >= 0.6 is 0 Å². The van der Waals surface area contributed by atoms with Crippen LogP contribution < -0.4 is 0 Å². The van der Waals surface area contributed by atoms with Crippen LogP contribution in [0.1, 0.15) is 27.2 Å². The molecule has 0 N–H and O–H groups in total. The van der Waals surface area contributed by atoms with Crippen molar-refractivity contribution in [1.82, 2.24) is 0 Å². The maximum Gasteiger partial charge on any atom is 0.310 e. The number of hydrogen-bond acceptors (Lipinski definition) is 3. The summed E-state index contributed by atoms with van der Waals surface area (Å²) in [5.74, 6) is -0.177. The van der Waals surface area contributed by atoms with E-state index in [4.69, 9.17) is 9.47 Å². The Morgan fingerprint density at radius 3 is 2.60 bits per heavy atom. The lowest BCUT2D eigenvalue weighted by molar-refractivity contribution is -0.230. The van der Waals surface area contributed by atoms with E-state index in [2.05, 4.69) is 0 Å². The van der Waals surface area contributed by atoms with Crippen molar-refractivity contribution in [2.45, 2.75) is 39.1 Å². The topological polar surface area (TPSA) is 35.5 Å². The minimum Gasteiger partial charge on any atom is -0.436 e. The van der Waals surface area contributed by atoms with Crippen molar-refractivity contribution in [3.8, 4) is 0 Å². The third kappa shape index (κ3) is 1.70. The highest BCUT2D eigenvalue weighted by Gasteiger charge is 2.32. The fraction of sp³-hybridized carbons (Fsp3) is 0.857. The van der Waals surface area contributed by atoms with Crippen molar-refractivity contribution in [2.24, 2.45) is 0 Å². The van der Waals surface area contributed by atoms with Gasteiger partial charge >= 0.3 is 5.97 Å². The van der Waals surface area contributed by atoms with E-state index in [1.807, 2.05) is 13.8 Å². The van der Waals surface area contributed by atoms with Crippen LogP contribution in [0.4, 0.5) is 0 Å². The van der Waals surface area contributed by atoms with Gasteiger partial charge in [0, 0.05) is 0 Å². The summed E-state index contributed by atoms with van der Waals surface area (Å²) < 4.78 is 10.1. The molecule has 1 heterocycles. The van der Waals surface area contributed by atoms with Gasteiger partial charge in [0.1, 0.15) is 0 Å². The lowest BCUT2D eigenvalue weighted by atomic mass is 10.0. The molecule has 1 rings (SSSR count). The smallest absolute Gasteiger partial charge is 0.310 e. The Labute approximate surface area is 60.3 Å². The molecule has 0 aliphatic carbocycles. The van der Waals surface area contributed by atoms with Crippen molar-refractivity contribution in [3.63, 3.8) is 0 Å². The van der Waals surface area contributed by atoms with Crippen LogP contribution in [0, 0.1) is 0 Å². The Bertz CT molecular complexity index is 151. The van der Waals surface area contributed by atoms with E-state index in [0.717, 1.165) is 0 Å². The molecule has 0 amide bonds. The molecule has 1 fully saturated rings. The Morgan fingerprint density at radius 2 is 2.20 bits per heavy atom. The average molecular weight is 144 g/mol. The predicted molar refractivity (Wildman–Crippen MR) is 35.3 cm³/mol. The summed E-state index contributed by atoms with van der Waals surface area (Å²) in [6, 6.07) is 0. The Balaban J connectivity index is 2.59. The van der Waals surface area contributed by atoms with E-state index in [1.54, 1.807) is 6.92 Å². The van der Waals surface area contributed by atoms with Gasteiger partial charge < -0.3 is 9.47 Å². The van der Waals surface area contributed by atoms with Crippen LogP contribution in [0.5, 0.6) is 0 Å². The van der Waals surface area contributed by atoms with Gasteiger partial charge in [-0.25, -0.2) is 0 Å². The first-order chi connectivity index (χ1) is 4.49. The molecular weight excluding hydrogens is 132 g/mol. The van der Waals surface area contributed by atoms with Gasteiger partial charge in [-0.05, 0) is 20.8 Å². The van der Waals surface area contributed by atoms with E-state index in [1.165, 1.54) is 0 Å².